The van der Waals surface area contributed by atoms with Crippen LogP contribution in [0.15, 0.2) is 0 Å². The van der Waals surface area contributed by atoms with Crippen molar-refractivity contribution >= 4 is 5.97 Å². The fourth-order valence-corrected chi connectivity index (χ4v) is 2.14. The fraction of sp³-hybridized carbons (Fsp3) is 0.933. The summed E-state index contributed by atoms with van der Waals surface area (Å²) < 4.78 is 5.14. The Morgan fingerprint density at radius 1 is 1.32 bits per heavy atom. The molecule has 0 bridgehead atoms. The topological polar surface area (TPSA) is 41.6 Å². The summed E-state index contributed by atoms with van der Waals surface area (Å²) in [6, 6.07) is 0.417. The molecule has 1 fully saturated rings. The van der Waals surface area contributed by atoms with Crippen molar-refractivity contribution < 1.29 is 9.53 Å². The van der Waals surface area contributed by atoms with Crippen LogP contribution in [0.5, 0.6) is 0 Å². The molecule has 0 radical (unpaired) electrons. The fourth-order valence-electron chi connectivity index (χ4n) is 2.14. The molecule has 0 heterocycles. The van der Waals surface area contributed by atoms with Gasteiger partial charge in [0.15, 0.2) is 0 Å². The number of nitrogens with zero attached hydrogens (tertiary/aromatic N) is 1. The highest BCUT2D eigenvalue weighted by Crippen LogP contribution is 2.20. The minimum Gasteiger partial charge on any atom is -0.465 e. The number of hydrogen-bond donors (Lipinski definition) is 1. The van der Waals surface area contributed by atoms with E-state index in [1.807, 2.05) is 6.92 Å². The molecule has 1 aliphatic carbocycles. The number of carbonyl (C=O) groups excluding carboxylic acids is 1. The minimum atomic E-state index is -0.124. The lowest BCUT2D eigenvalue weighted by molar-refractivity contribution is -0.146. The van der Waals surface area contributed by atoms with Crippen molar-refractivity contribution in [3.8, 4) is 0 Å². The summed E-state index contributed by atoms with van der Waals surface area (Å²) in [5, 5.41) is 3.40. The van der Waals surface area contributed by atoms with E-state index in [1.165, 1.54) is 32.1 Å². The molecule has 1 atom stereocenters. The van der Waals surface area contributed by atoms with Crippen LogP contribution in [0.4, 0.5) is 0 Å². The van der Waals surface area contributed by atoms with Crippen LogP contribution in [0, 0.1) is 0 Å². The third-order valence-corrected chi connectivity index (χ3v) is 3.53. The molecule has 4 heteroatoms. The van der Waals surface area contributed by atoms with Gasteiger partial charge in [0.2, 0.25) is 0 Å². The highest BCUT2D eigenvalue weighted by Gasteiger charge is 2.29. The maximum absolute atomic E-state index is 11.9. The summed E-state index contributed by atoms with van der Waals surface area (Å²) in [4.78, 5) is 14.2. The Hall–Kier alpha value is -0.610. The lowest BCUT2D eigenvalue weighted by Crippen LogP contribution is -2.41. The molecule has 0 saturated heterocycles. The molecule has 1 rings (SSSR count). The molecule has 19 heavy (non-hydrogen) atoms. The summed E-state index contributed by atoms with van der Waals surface area (Å²) in [5.41, 5.74) is 0. The quantitative estimate of drug-likeness (QED) is 0.461. The van der Waals surface area contributed by atoms with E-state index in [2.05, 4.69) is 24.2 Å². The molecule has 0 spiro atoms. The second-order valence-corrected chi connectivity index (χ2v) is 5.54. The zero-order valence-electron chi connectivity index (χ0n) is 12.8. The molecule has 0 amide bonds. The first-order chi connectivity index (χ1) is 9.17. The predicted molar refractivity (Wildman–Crippen MR) is 78.2 cm³/mol. The number of ether oxygens (including phenoxy) is 1. The molecular formula is C15H30N2O2. The normalized spacial score (nSPS) is 16.6. The van der Waals surface area contributed by atoms with Crippen molar-refractivity contribution in [2.24, 2.45) is 0 Å². The maximum atomic E-state index is 11.9. The van der Waals surface area contributed by atoms with Gasteiger partial charge in [-0.05, 0) is 52.7 Å². The first kappa shape index (κ1) is 16.4. The standard InChI is InChI=1S/C15H30N2O2/c1-4-6-7-11-17(3)12-10-14(15(18)19-5-2)16-13-8-9-13/h13-14,16H,4-12H2,1-3H3. The number of hydrogen-bond acceptors (Lipinski definition) is 4. The van der Waals surface area contributed by atoms with Gasteiger partial charge in [0.1, 0.15) is 6.04 Å². The van der Waals surface area contributed by atoms with Gasteiger partial charge in [0, 0.05) is 6.04 Å². The Kier molecular flexibility index (Phi) is 8.07. The summed E-state index contributed by atoms with van der Waals surface area (Å²) in [7, 11) is 2.13. The average molecular weight is 270 g/mol. The van der Waals surface area contributed by atoms with Crippen LogP contribution >= 0.6 is 0 Å². The van der Waals surface area contributed by atoms with Crippen LogP contribution in [0.25, 0.3) is 0 Å². The summed E-state index contributed by atoms with van der Waals surface area (Å²) in [6.07, 6.45) is 7.02. The van der Waals surface area contributed by atoms with Crippen LogP contribution < -0.4 is 5.32 Å². The van der Waals surface area contributed by atoms with Crippen molar-refractivity contribution in [2.75, 3.05) is 26.7 Å². The molecule has 4 nitrogen and oxygen atoms in total. The smallest absolute Gasteiger partial charge is 0.323 e. The highest BCUT2D eigenvalue weighted by molar-refractivity contribution is 5.75. The Morgan fingerprint density at radius 2 is 2.05 bits per heavy atom. The molecule has 0 aromatic rings. The molecule has 1 N–H and O–H groups in total. The van der Waals surface area contributed by atoms with Gasteiger partial charge in [-0.2, -0.15) is 0 Å². The number of esters is 1. The monoisotopic (exact) mass is 270 g/mol. The van der Waals surface area contributed by atoms with E-state index < -0.39 is 0 Å². The van der Waals surface area contributed by atoms with E-state index in [9.17, 15) is 4.79 Å². The molecule has 0 aromatic carbocycles. The van der Waals surface area contributed by atoms with E-state index in [0.29, 0.717) is 12.6 Å². The zero-order valence-corrected chi connectivity index (χ0v) is 12.8. The molecule has 112 valence electrons. The van der Waals surface area contributed by atoms with Gasteiger partial charge < -0.3 is 15.0 Å². The average Bonchev–Trinajstić information content (AvgIpc) is 3.19. The Bertz CT molecular complexity index is 255. The lowest BCUT2D eigenvalue weighted by Gasteiger charge is -2.21. The molecule has 1 saturated carbocycles. The Morgan fingerprint density at radius 3 is 2.63 bits per heavy atom. The first-order valence-electron chi connectivity index (χ1n) is 7.78. The lowest BCUT2D eigenvalue weighted by atomic mass is 10.2. The second-order valence-electron chi connectivity index (χ2n) is 5.54. The summed E-state index contributed by atoms with van der Waals surface area (Å²) in [5.74, 6) is -0.0867. The third kappa shape index (κ3) is 7.53. The van der Waals surface area contributed by atoms with Crippen molar-refractivity contribution in [1.82, 2.24) is 10.2 Å². The van der Waals surface area contributed by atoms with Gasteiger partial charge in [-0.15, -0.1) is 0 Å². The van der Waals surface area contributed by atoms with Crippen molar-refractivity contribution in [3.63, 3.8) is 0 Å². The van der Waals surface area contributed by atoms with Crippen LogP contribution in [0.1, 0.15) is 52.4 Å². The molecular weight excluding hydrogens is 240 g/mol. The van der Waals surface area contributed by atoms with Gasteiger partial charge in [0.25, 0.3) is 0 Å². The number of nitrogens with one attached hydrogen (secondary N) is 1. The SMILES string of the molecule is CCCCCN(C)CCC(NC1CC1)C(=O)OCC. The molecule has 1 unspecified atom stereocenters. The molecule has 1 aliphatic rings. The number of rotatable bonds is 11. The minimum absolute atomic E-state index is 0.0867. The number of unbranched alkanes of at least 4 members (excludes halogenated alkanes) is 2. The van der Waals surface area contributed by atoms with Gasteiger partial charge >= 0.3 is 5.97 Å². The maximum Gasteiger partial charge on any atom is 0.323 e. The zero-order chi connectivity index (χ0) is 14.1. The van der Waals surface area contributed by atoms with Crippen LogP contribution in [0.3, 0.4) is 0 Å². The summed E-state index contributed by atoms with van der Waals surface area (Å²) >= 11 is 0. The molecule has 0 aliphatic heterocycles. The van der Waals surface area contributed by atoms with Crippen LogP contribution in [-0.4, -0.2) is 49.7 Å². The van der Waals surface area contributed by atoms with Gasteiger partial charge in [-0.1, -0.05) is 19.8 Å². The van der Waals surface area contributed by atoms with Gasteiger partial charge in [-0.25, -0.2) is 0 Å². The second kappa shape index (κ2) is 9.32. The molecule has 0 aromatic heterocycles. The first-order valence-corrected chi connectivity index (χ1v) is 7.78. The van der Waals surface area contributed by atoms with Crippen molar-refractivity contribution in [2.45, 2.75) is 64.5 Å². The van der Waals surface area contributed by atoms with E-state index in [-0.39, 0.29) is 12.0 Å². The largest absolute Gasteiger partial charge is 0.465 e. The van der Waals surface area contributed by atoms with Crippen molar-refractivity contribution in [3.05, 3.63) is 0 Å². The Labute approximate surface area is 117 Å². The third-order valence-electron chi connectivity index (χ3n) is 3.53. The van der Waals surface area contributed by atoms with Gasteiger partial charge in [0.05, 0.1) is 6.61 Å². The van der Waals surface area contributed by atoms with Crippen LogP contribution in [0.2, 0.25) is 0 Å². The summed E-state index contributed by atoms with van der Waals surface area (Å²) in [6.45, 7) is 6.62. The van der Waals surface area contributed by atoms with Crippen molar-refractivity contribution in [1.29, 1.82) is 0 Å². The van der Waals surface area contributed by atoms with Gasteiger partial charge in [-0.3, -0.25) is 4.79 Å². The van der Waals surface area contributed by atoms with E-state index in [1.54, 1.807) is 0 Å². The predicted octanol–water partition coefficient (Wildman–Crippen LogP) is 2.18. The number of carbonyl (C=O) groups is 1. The Balaban J connectivity index is 2.24. The van der Waals surface area contributed by atoms with Crippen LogP contribution in [-0.2, 0) is 9.53 Å². The van der Waals surface area contributed by atoms with E-state index in [0.717, 1.165) is 19.5 Å². The highest BCUT2D eigenvalue weighted by atomic mass is 16.5. The van der Waals surface area contributed by atoms with E-state index >= 15 is 0 Å². The van der Waals surface area contributed by atoms with E-state index in [4.69, 9.17) is 4.74 Å².